The van der Waals surface area contributed by atoms with E-state index in [-0.39, 0.29) is 18.5 Å². The maximum absolute atomic E-state index is 13.5. The number of hydrogen-bond donors (Lipinski definition) is 1. The number of rotatable bonds is 7. The second kappa shape index (κ2) is 7.12. The van der Waals surface area contributed by atoms with E-state index >= 15 is 0 Å². The minimum Gasteiger partial charge on any atom is -0.485 e. The summed E-state index contributed by atoms with van der Waals surface area (Å²) in [5.41, 5.74) is 0.785. The van der Waals surface area contributed by atoms with Crippen LogP contribution in [0.2, 0.25) is 0 Å². The maximum atomic E-state index is 13.5. The van der Waals surface area contributed by atoms with Gasteiger partial charge in [0.1, 0.15) is 11.6 Å². The summed E-state index contributed by atoms with van der Waals surface area (Å²) in [7, 11) is 1.69. The molecule has 0 radical (unpaired) electrons. The molecule has 0 aliphatic heterocycles. The summed E-state index contributed by atoms with van der Waals surface area (Å²) in [6, 6.07) is 4.51. The van der Waals surface area contributed by atoms with E-state index in [2.05, 4.69) is 27.7 Å². The monoisotopic (exact) mass is 293 g/mol. The Labute approximate surface area is 123 Å². The number of aromatic nitrogens is 4. The molecule has 0 saturated carbocycles. The topological polar surface area (TPSA) is 64.9 Å². The van der Waals surface area contributed by atoms with Crippen molar-refractivity contribution in [1.82, 2.24) is 25.5 Å². The quantitative estimate of drug-likeness (QED) is 0.845. The molecule has 1 N–H and O–H groups in total. The van der Waals surface area contributed by atoms with Gasteiger partial charge in [-0.1, -0.05) is 6.92 Å². The third kappa shape index (κ3) is 4.22. The Hall–Kier alpha value is -2.02. The molecule has 0 amide bonds. The van der Waals surface area contributed by atoms with Crippen LogP contribution in [-0.2, 0) is 13.7 Å². The highest BCUT2D eigenvalue weighted by Crippen LogP contribution is 2.26. The predicted molar refractivity (Wildman–Crippen MR) is 76.2 cm³/mol. The van der Waals surface area contributed by atoms with Gasteiger partial charge in [-0.25, -0.2) is 4.39 Å². The van der Waals surface area contributed by atoms with Crippen LogP contribution in [0.25, 0.3) is 0 Å². The van der Waals surface area contributed by atoms with Crippen molar-refractivity contribution >= 4 is 0 Å². The first kappa shape index (κ1) is 15.4. The molecule has 1 atom stereocenters. The van der Waals surface area contributed by atoms with E-state index in [1.54, 1.807) is 13.1 Å². The summed E-state index contributed by atoms with van der Waals surface area (Å²) in [4.78, 5) is 1.37. The van der Waals surface area contributed by atoms with Gasteiger partial charge in [0, 0.05) is 11.6 Å². The van der Waals surface area contributed by atoms with E-state index < -0.39 is 0 Å². The maximum Gasteiger partial charge on any atom is 0.212 e. The summed E-state index contributed by atoms with van der Waals surface area (Å²) < 4.78 is 19.2. The number of tetrazole rings is 1. The van der Waals surface area contributed by atoms with Gasteiger partial charge in [-0.15, -0.1) is 10.2 Å². The lowest BCUT2D eigenvalue weighted by Crippen LogP contribution is -2.20. The Balaban J connectivity index is 2.10. The van der Waals surface area contributed by atoms with Crippen LogP contribution in [0.15, 0.2) is 18.2 Å². The lowest BCUT2D eigenvalue weighted by atomic mass is 10.1. The fourth-order valence-corrected chi connectivity index (χ4v) is 1.98. The molecule has 1 aromatic carbocycles. The highest BCUT2D eigenvalue weighted by atomic mass is 19.1. The first-order valence-corrected chi connectivity index (χ1v) is 6.98. The number of benzene rings is 1. The van der Waals surface area contributed by atoms with Crippen molar-refractivity contribution in [3.63, 3.8) is 0 Å². The largest absolute Gasteiger partial charge is 0.485 e. The first-order chi connectivity index (χ1) is 10.1. The van der Waals surface area contributed by atoms with Crippen LogP contribution in [0.4, 0.5) is 4.39 Å². The number of ether oxygens (including phenoxy) is 1. The average molecular weight is 293 g/mol. The number of hydrogen-bond acceptors (Lipinski definition) is 5. The molecule has 0 spiro atoms. The van der Waals surface area contributed by atoms with Gasteiger partial charge in [-0.3, -0.25) is 0 Å². The normalized spacial score (nSPS) is 12.4. The lowest BCUT2D eigenvalue weighted by molar-refractivity contribution is 0.288. The number of nitrogens with one attached hydrogen (secondary N) is 1. The second-order valence-electron chi connectivity index (χ2n) is 4.84. The number of halogens is 1. The zero-order valence-corrected chi connectivity index (χ0v) is 12.5. The first-order valence-electron chi connectivity index (χ1n) is 6.98. The molecule has 2 aromatic rings. The van der Waals surface area contributed by atoms with Crippen LogP contribution in [-0.4, -0.2) is 26.8 Å². The second-order valence-corrected chi connectivity index (χ2v) is 4.84. The highest BCUT2D eigenvalue weighted by Gasteiger charge is 2.13. The van der Waals surface area contributed by atoms with Gasteiger partial charge in [0.2, 0.25) is 5.82 Å². The van der Waals surface area contributed by atoms with Crippen molar-refractivity contribution < 1.29 is 9.13 Å². The lowest BCUT2D eigenvalue weighted by Gasteiger charge is -2.17. The fraction of sp³-hybridized carbons (Fsp3) is 0.500. The Morgan fingerprint density at radius 1 is 1.43 bits per heavy atom. The van der Waals surface area contributed by atoms with E-state index in [4.69, 9.17) is 4.74 Å². The summed E-state index contributed by atoms with van der Waals surface area (Å²) in [6.45, 7) is 5.14. The molecule has 114 valence electrons. The Bertz CT molecular complexity index is 586. The molecule has 7 heteroatoms. The Morgan fingerprint density at radius 3 is 2.90 bits per heavy atom. The third-order valence-electron chi connectivity index (χ3n) is 3.05. The van der Waals surface area contributed by atoms with Gasteiger partial charge >= 0.3 is 0 Å². The molecule has 0 saturated heterocycles. The average Bonchev–Trinajstić information content (AvgIpc) is 2.89. The summed E-state index contributed by atoms with van der Waals surface area (Å²) in [5.74, 6) is 0.835. The minimum absolute atomic E-state index is 0.00506. The van der Waals surface area contributed by atoms with Crippen LogP contribution >= 0.6 is 0 Å². The van der Waals surface area contributed by atoms with Gasteiger partial charge in [-0.05, 0) is 43.3 Å². The van der Waals surface area contributed by atoms with Gasteiger partial charge in [0.25, 0.3) is 0 Å². The van der Waals surface area contributed by atoms with Crippen LogP contribution in [0.1, 0.15) is 37.7 Å². The predicted octanol–water partition coefficient (Wildman–Crippen LogP) is 1.99. The number of nitrogens with zero attached hydrogens (tertiary/aromatic N) is 4. The van der Waals surface area contributed by atoms with Crippen molar-refractivity contribution in [3.05, 3.63) is 35.4 Å². The van der Waals surface area contributed by atoms with Gasteiger partial charge < -0.3 is 10.1 Å². The molecule has 2 rings (SSSR count). The van der Waals surface area contributed by atoms with Crippen molar-refractivity contribution in [1.29, 1.82) is 0 Å². The van der Waals surface area contributed by atoms with Crippen LogP contribution < -0.4 is 10.1 Å². The summed E-state index contributed by atoms with van der Waals surface area (Å²) in [6.07, 6.45) is 1.01. The van der Waals surface area contributed by atoms with Crippen molar-refractivity contribution in [3.8, 4) is 5.75 Å². The van der Waals surface area contributed by atoms with E-state index in [1.165, 1.54) is 16.9 Å². The molecule has 0 aliphatic rings. The summed E-state index contributed by atoms with van der Waals surface area (Å²) >= 11 is 0. The smallest absolute Gasteiger partial charge is 0.212 e. The van der Waals surface area contributed by atoms with Crippen LogP contribution in [0.5, 0.6) is 5.75 Å². The van der Waals surface area contributed by atoms with Gasteiger partial charge in [0.15, 0.2) is 6.61 Å². The van der Waals surface area contributed by atoms with Crippen molar-refractivity contribution in [2.75, 3.05) is 6.54 Å². The van der Waals surface area contributed by atoms with E-state index in [1.807, 2.05) is 6.92 Å². The molecule has 0 bridgehead atoms. The molecule has 0 fully saturated rings. The highest BCUT2D eigenvalue weighted by molar-refractivity contribution is 5.36. The molecule has 0 aliphatic carbocycles. The zero-order valence-electron chi connectivity index (χ0n) is 12.5. The molecule has 1 unspecified atom stereocenters. The molecular formula is C14H20FN5O. The van der Waals surface area contributed by atoms with Crippen molar-refractivity contribution in [2.24, 2.45) is 7.05 Å². The standard InChI is InChI=1S/C14H20FN5O/c1-4-7-16-10(2)12-8-11(15)5-6-13(12)21-9-14-17-19-20(3)18-14/h5-6,8,10,16H,4,7,9H2,1-3H3. The summed E-state index contributed by atoms with van der Waals surface area (Å²) in [5, 5.41) is 15.0. The van der Waals surface area contributed by atoms with E-state index in [0.717, 1.165) is 18.5 Å². The van der Waals surface area contributed by atoms with E-state index in [0.29, 0.717) is 11.6 Å². The fourth-order valence-electron chi connectivity index (χ4n) is 1.98. The van der Waals surface area contributed by atoms with Crippen LogP contribution in [0.3, 0.4) is 0 Å². The number of aryl methyl sites for hydroxylation is 1. The minimum atomic E-state index is -0.278. The molecule has 21 heavy (non-hydrogen) atoms. The van der Waals surface area contributed by atoms with Gasteiger partial charge in [-0.2, -0.15) is 4.80 Å². The van der Waals surface area contributed by atoms with Crippen molar-refractivity contribution in [2.45, 2.75) is 32.9 Å². The molecule has 6 nitrogen and oxygen atoms in total. The van der Waals surface area contributed by atoms with Crippen LogP contribution in [0, 0.1) is 5.82 Å². The third-order valence-corrected chi connectivity index (χ3v) is 3.05. The Kier molecular flexibility index (Phi) is 5.21. The molecule has 1 heterocycles. The zero-order chi connectivity index (χ0) is 15.2. The van der Waals surface area contributed by atoms with Gasteiger partial charge in [0.05, 0.1) is 7.05 Å². The SMILES string of the molecule is CCCNC(C)c1cc(F)ccc1OCc1nnn(C)n1. The Morgan fingerprint density at radius 2 is 2.24 bits per heavy atom. The van der Waals surface area contributed by atoms with E-state index in [9.17, 15) is 4.39 Å². The molecule has 1 aromatic heterocycles. The molecular weight excluding hydrogens is 273 g/mol.